The van der Waals surface area contributed by atoms with Crippen molar-refractivity contribution < 1.29 is 0 Å². The summed E-state index contributed by atoms with van der Waals surface area (Å²) in [7, 11) is -0.791. The molecule has 1 atom stereocenters. The molecule has 1 aromatic heterocycles. The first-order chi connectivity index (χ1) is 14.8. The maximum absolute atomic E-state index is 6.97. The first-order valence-corrected chi connectivity index (χ1v) is 11.6. The number of benzene rings is 4. The summed E-state index contributed by atoms with van der Waals surface area (Å²) in [5.41, 5.74) is 3.25. The zero-order valence-electron chi connectivity index (χ0n) is 16.2. The van der Waals surface area contributed by atoms with Crippen molar-refractivity contribution >= 4 is 29.6 Å². The summed E-state index contributed by atoms with van der Waals surface area (Å²) in [6.07, 6.45) is 0. The molecule has 0 N–H and O–H groups in total. The predicted octanol–water partition coefficient (Wildman–Crippen LogP) is 8.54. The van der Waals surface area contributed by atoms with Crippen LogP contribution in [-0.4, -0.2) is 0 Å². The molecule has 0 spiro atoms. The molecule has 5 aromatic rings. The van der Waals surface area contributed by atoms with Crippen LogP contribution in [0.15, 0.2) is 109 Å². The van der Waals surface area contributed by atoms with E-state index in [9.17, 15) is 0 Å². The smallest absolute Gasteiger partial charge is 0.0609 e. The molecule has 4 aromatic carbocycles. The van der Waals surface area contributed by atoms with E-state index in [2.05, 4.69) is 84.6 Å². The number of fused-ring (bicyclic) bond motifs is 1. The van der Waals surface area contributed by atoms with Crippen LogP contribution in [0.3, 0.4) is 0 Å². The van der Waals surface area contributed by atoms with Gasteiger partial charge in [-0.25, -0.2) is 0 Å². The molecule has 0 saturated heterocycles. The highest BCUT2D eigenvalue weighted by Crippen LogP contribution is 2.60. The number of rotatable bonds is 2. The molecular weight excluding hydrogens is 403 g/mol. The van der Waals surface area contributed by atoms with Gasteiger partial charge in [0.05, 0.1) is 5.02 Å². The van der Waals surface area contributed by atoms with Crippen LogP contribution in [0, 0.1) is 11.8 Å². The number of hydrogen-bond acceptors (Lipinski definition) is 0. The van der Waals surface area contributed by atoms with E-state index in [1.165, 1.54) is 21.3 Å². The Bertz CT molecular complexity index is 1390. The summed E-state index contributed by atoms with van der Waals surface area (Å²) in [4.78, 5) is 0. The largest absolute Gasteiger partial charge is 0.0826 e. The summed E-state index contributed by atoms with van der Waals surface area (Å²) in [5, 5.41) is 5.74. The van der Waals surface area contributed by atoms with Crippen molar-refractivity contribution in [1.82, 2.24) is 0 Å². The van der Waals surface area contributed by atoms with Gasteiger partial charge in [-0.05, 0) is 35.9 Å². The van der Waals surface area contributed by atoms with Gasteiger partial charge in [0.25, 0.3) is 0 Å². The van der Waals surface area contributed by atoms with Crippen LogP contribution in [0.5, 0.6) is 0 Å². The lowest BCUT2D eigenvalue weighted by Crippen LogP contribution is -1.80. The van der Waals surface area contributed by atoms with Gasteiger partial charge >= 0.3 is 0 Å². The van der Waals surface area contributed by atoms with E-state index in [4.69, 9.17) is 11.6 Å². The maximum Gasteiger partial charge on any atom is 0.0609 e. The molecule has 0 amide bonds. The second-order valence-corrected chi connectivity index (χ2v) is 9.47. The van der Waals surface area contributed by atoms with Gasteiger partial charge in [0.1, 0.15) is 0 Å². The van der Waals surface area contributed by atoms with Crippen molar-refractivity contribution in [3.05, 3.63) is 125 Å². The average molecular weight is 421 g/mol. The Labute approximate surface area is 182 Å². The Morgan fingerprint density at radius 1 is 0.600 bits per heavy atom. The molecule has 0 bridgehead atoms. The molecular formula is C28H18ClP. The Morgan fingerprint density at radius 2 is 1.23 bits per heavy atom. The van der Waals surface area contributed by atoms with Crippen LogP contribution in [0.4, 0.5) is 0 Å². The van der Waals surface area contributed by atoms with Crippen molar-refractivity contribution in [2.45, 2.75) is 0 Å². The Kier molecular flexibility index (Phi) is 5.17. The van der Waals surface area contributed by atoms with E-state index in [0.29, 0.717) is 0 Å². The van der Waals surface area contributed by atoms with E-state index in [-0.39, 0.29) is 0 Å². The summed E-state index contributed by atoms with van der Waals surface area (Å²) in [6.45, 7) is 0. The molecule has 2 heteroatoms. The minimum atomic E-state index is -0.791. The molecule has 0 radical (unpaired) electrons. The van der Waals surface area contributed by atoms with Gasteiger partial charge in [-0.2, -0.15) is 0 Å². The summed E-state index contributed by atoms with van der Waals surface area (Å²) < 4.78 is 0. The van der Waals surface area contributed by atoms with E-state index >= 15 is 0 Å². The molecule has 0 saturated carbocycles. The van der Waals surface area contributed by atoms with Gasteiger partial charge in [0.15, 0.2) is 0 Å². The first kappa shape index (κ1) is 18.8. The normalized spacial score (nSPS) is 11.2. The third kappa shape index (κ3) is 3.44. The SMILES string of the molecule is Clc1c(-c2ccccc2)p(-c2ccccc2C#Cc2ccccc2)c2ccccc12. The lowest BCUT2D eigenvalue weighted by Gasteiger charge is -2.10. The fourth-order valence-electron chi connectivity index (χ4n) is 3.74. The van der Waals surface area contributed by atoms with Crippen LogP contribution >= 0.6 is 19.1 Å². The van der Waals surface area contributed by atoms with E-state index in [1.54, 1.807) is 0 Å². The lowest BCUT2D eigenvalue weighted by atomic mass is 10.1. The zero-order chi connectivity index (χ0) is 20.3. The molecule has 0 fully saturated rings. The summed E-state index contributed by atoms with van der Waals surface area (Å²) in [5.74, 6) is 6.75. The van der Waals surface area contributed by atoms with Crippen molar-refractivity contribution in [2.75, 3.05) is 0 Å². The van der Waals surface area contributed by atoms with Crippen LogP contribution < -0.4 is 0 Å². The molecule has 0 aliphatic carbocycles. The molecule has 5 rings (SSSR count). The monoisotopic (exact) mass is 420 g/mol. The second-order valence-electron chi connectivity index (χ2n) is 7.01. The Hall–Kier alpha value is -3.23. The third-order valence-corrected chi connectivity index (χ3v) is 8.32. The molecule has 0 nitrogen and oxygen atoms in total. The Balaban J connectivity index is 1.79. The van der Waals surface area contributed by atoms with Crippen LogP contribution in [0.2, 0.25) is 5.02 Å². The van der Waals surface area contributed by atoms with Gasteiger partial charge in [-0.15, -0.1) is 0 Å². The zero-order valence-corrected chi connectivity index (χ0v) is 17.9. The second kappa shape index (κ2) is 8.25. The fourth-order valence-corrected chi connectivity index (χ4v) is 7.07. The average Bonchev–Trinajstić information content (AvgIpc) is 3.11. The van der Waals surface area contributed by atoms with Crippen molar-refractivity contribution in [3.8, 4) is 28.0 Å². The molecule has 1 heterocycles. The van der Waals surface area contributed by atoms with Gasteiger partial charge in [0, 0.05) is 32.2 Å². The van der Waals surface area contributed by atoms with Crippen molar-refractivity contribution in [3.63, 3.8) is 0 Å². The predicted molar refractivity (Wildman–Crippen MR) is 131 cm³/mol. The Morgan fingerprint density at radius 3 is 2.03 bits per heavy atom. The minimum Gasteiger partial charge on any atom is -0.0826 e. The van der Waals surface area contributed by atoms with Gasteiger partial charge in [-0.1, -0.05) is 110 Å². The molecule has 30 heavy (non-hydrogen) atoms. The van der Waals surface area contributed by atoms with Crippen LogP contribution in [0.25, 0.3) is 26.7 Å². The molecule has 0 aliphatic rings. The molecule has 1 unspecified atom stereocenters. The minimum absolute atomic E-state index is 0.791. The van der Waals surface area contributed by atoms with Crippen LogP contribution in [-0.2, 0) is 0 Å². The highest BCUT2D eigenvalue weighted by molar-refractivity contribution is 7.66. The van der Waals surface area contributed by atoms with Crippen molar-refractivity contribution in [2.24, 2.45) is 0 Å². The quantitative estimate of drug-likeness (QED) is 0.251. The fraction of sp³-hybridized carbons (Fsp3) is 0. The van der Waals surface area contributed by atoms with Gasteiger partial charge < -0.3 is 0 Å². The first-order valence-electron chi connectivity index (χ1n) is 9.84. The highest BCUT2D eigenvalue weighted by atomic mass is 35.5. The van der Waals surface area contributed by atoms with Gasteiger partial charge in [0.2, 0.25) is 0 Å². The standard InChI is InChI=1S/C28H18ClP/c29-27-24-16-8-10-18-26(24)30(28(27)23-14-5-2-6-15-23)25-17-9-7-13-22(25)20-19-21-11-3-1-4-12-21/h1-18H. The maximum atomic E-state index is 6.97. The highest BCUT2D eigenvalue weighted by Gasteiger charge is 2.20. The van der Waals surface area contributed by atoms with Crippen LogP contribution in [0.1, 0.15) is 11.1 Å². The lowest BCUT2D eigenvalue weighted by molar-refractivity contribution is 1.64. The molecule has 0 aliphatic heterocycles. The summed E-state index contributed by atoms with van der Waals surface area (Å²) in [6, 6.07) is 37.6. The molecule has 142 valence electrons. The number of hydrogen-bond donors (Lipinski definition) is 0. The van der Waals surface area contributed by atoms with E-state index in [1.807, 2.05) is 36.4 Å². The topological polar surface area (TPSA) is 0 Å². The van der Waals surface area contributed by atoms with Gasteiger partial charge in [-0.3, -0.25) is 0 Å². The number of halogens is 1. The van der Waals surface area contributed by atoms with Crippen molar-refractivity contribution in [1.29, 1.82) is 0 Å². The van der Waals surface area contributed by atoms with E-state index in [0.717, 1.165) is 21.5 Å². The van der Waals surface area contributed by atoms with E-state index < -0.39 is 7.53 Å². The summed E-state index contributed by atoms with van der Waals surface area (Å²) >= 11 is 6.97. The third-order valence-electron chi connectivity index (χ3n) is 5.12.